The number of hydrogen-bond acceptors (Lipinski definition) is 4. The first-order chi connectivity index (χ1) is 9.99. The summed E-state index contributed by atoms with van der Waals surface area (Å²) in [6, 6.07) is 2.86. The number of likely N-dealkylation sites (tertiary alicyclic amines) is 1. The molecule has 21 heavy (non-hydrogen) atoms. The lowest BCUT2D eigenvalue weighted by Crippen LogP contribution is -2.43. The van der Waals surface area contributed by atoms with Gasteiger partial charge in [0.25, 0.3) is 5.91 Å². The lowest BCUT2D eigenvalue weighted by molar-refractivity contribution is -0.140. The lowest BCUT2D eigenvalue weighted by atomic mass is 10.1. The summed E-state index contributed by atoms with van der Waals surface area (Å²) in [4.78, 5) is 37.8. The number of likely N-dealkylation sites (N-methyl/N-ethyl adjacent to an activating group) is 1. The van der Waals surface area contributed by atoms with E-state index in [-0.39, 0.29) is 36.6 Å². The largest absolute Gasteiger partial charge is 0.481 e. The van der Waals surface area contributed by atoms with Crippen LogP contribution >= 0.6 is 0 Å². The van der Waals surface area contributed by atoms with Gasteiger partial charge in [-0.2, -0.15) is 0 Å². The molecule has 1 fully saturated rings. The van der Waals surface area contributed by atoms with Crippen LogP contribution in [0.4, 0.5) is 0 Å². The Morgan fingerprint density at radius 3 is 2.86 bits per heavy atom. The smallest absolute Gasteiger partial charge is 0.305 e. The molecule has 2 amide bonds. The summed E-state index contributed by atoms with van der Waals surface area (Å²) in [5, 5.41) is 8.85. The molecule has 0 spiro atoms. The maximum Gasteiger partial charge on any atom is 0.305 e. The Morgan fingerprint density at radius 2 is 2.24 bits per heavy atom. The van der Waals surface area contributed by atoms with Gasteiger partial charge >= 0.3 is 5.97 Å². The van der Waals surface area contributed by atoms with Gasteiger partial charge in [0, 0.05) is 19.6 Å². The van der Waals surface area contributed by atoms with Crippen molar-refractivity contribution < 1.29 is 23.9 Å². The van der Waals surface area contributed by atoms with E-state index >= 15 is 0 Å². The lowest BCUT2D eigenvalue weighted by Gasteiger charge is -2.26. The summed E-state index contributed by atoms with van der Waals surface area (Å²) < 4.78 is 5.00. The highest BCUT2D eigenvalue weighted by Gasteiger charge is 2.31. The molecular formula is C14H18N2O5. The molecule has 0 aliphatic carbocycles. The van der Waals surface area contributed by atoms with Crippen LogP contribution in [-0.4, -0.2) is 58.9 Å². The Kier molecular flexibility index (Phi) is 4.62. The van der Waals surface area contributed by atoms with Crippen LogP contribution in [-0.2, 0) is 9.59 Å². The second-order valence-corrected chi connectivity index (χ2v) is 5.12. The highest BCUT2D eigenvalue weighted by molar-refractivity contribution is 5.94. The zero-order valence-corrected chi connectivity index (χ0v) is 11.8. The van der Waals surface area contributed by atoms with Crippen molar-refractivity contribution in [1.82, 2.24) is 9.80 Å². The summed E-state index contributed by atoms with van der Waals surface area (Å²) in [7, 11) is 1.52. The van der Waals surface area contributed by atoms with Gasteiger partial charge in [-0.15, -0.1) is 0 Å². The number of aliphatic carboxylic acids is 1. The first-order valence-electron chi connectivity index (χ1n) is 6.79. The standard InChI is InChI=1S/C14H18N2O5/c1-15(14(20)11-5-3-7-21-11)9-12(17)16-6-2-4-10(16)8-13(18)19/h3,5,7,10H,2,4,6,8-9H2,1H3,(H,18,19). The van der Waals surface area contributed by atoms with Crippen LogP contribution in [0.5, 0.6) is 0 Å². The molecule has 2 rings (SSSR count). The molecule has 1 aromatic rings. The van der Waals surface area contributed by atoms with Crippen LogP contribution in [0.3, 0.4) is 0 Å². The Bertz CT molecular complexity index is 525. The van der Waals surface area contributed by atoms with Crippen LogP contribution in [0.2, 0.25) is 0 Å². The van der Waals surface area contributed by atoms with Crippen LogP contribution in [0.25, 0.3) is 0 Å². The Balaban J connectivity index is 1.94. The van der Waals surface area contributed by atoms with Crippen molar-refractivity contribution in [2.24, 2.45) is 0 Å². The van der Waals surface area contributed by atoms with Crippen molar-refractivity contribution in [2.75, 3.05) is 20.1 Å². The van der Waals surface area contributed by atoms with Crippen molar-refractivity contribution in [1.29, 1.82) is 0 Å². The maximum atomic E-state index is 12.2. The predicted octanol–water partition coefficient (Wildman–Crippen LogP) is 0.817. The van der Waals surface area contributed by atoms with Crippen molar-refractivity contribution in [3.8, 4) is 0 Å². The summed E-state index contributed by atoms with van der Waals surface area (Å²) in [5.41, 5.74) is 0. The van der Waals surface area contributed by atoms with Gasteiger partial charge in [-0.3, -0.25) is 14.4 Å². The van der Waals surface area contributed by atoms with Gasteiger partial charge in [0.15, 0.2) is 5.76 Å². The van der Waals surface area contributed by atoms with E-state index < -0.39 is 5.97 Å². The minimum Gasteiger partial charge on any atom is -0.481 e. The Morgan fingerprint density at radius 1 is 1.48 bits per heavy atom. The van der Waals surface area contributed by atoms with E-state index in [9.17, 15) is 14.4 Å². The molecule has 0 aromatic carbocycles. The molecule has 0 radical (unpaired) electrons. The number of carbonyl (C=O) groups is 3. The van der Waals surface area contributed by atoms with Crippen LogP contribution < -0.4 is 0 Å². The molecule has 0 saturated carbocycles. The number of carboxylic acids is 1. The van der Waals surface area contributed by atoms with Crippen molar-refractivity contribution in [3.63, 3.8) is 0 Å². The van der Waals surface area contributed by atoms with Crippen LogP contribution in [0, 0.1) is 0 Å². The van der Waals surface area contributed by atoms with E-state index in [4.69, 9.17) is 9.52 Å². The molecule has 1 aliphatic heterocycles. The molecule has 7 nitrogen and oxygen atoms in total. The molecule has 1 aliphatic rings. The summed E-state index contributed by atoms with van der Waals surface area (Å²) in [6.45, 7) is 0.454. The fraction of sp³-hybridized carbons (Fsp3) is 0.500. The highest BCUT2D eigenvalue weighted by Crippen LogP contribution is 2.20. The molecule has 1 unspecified atom stereocenters. The summed E-state index contributed by atoms with van der Waals surface area (Å²) in [5.74, 6) is -1.35. The molecule has 1 aromatic heterocycles. The maximum absolute atomic E-state index is 12.2. The fourth-order valence-corrected chi connectivity index (χ4v) is 2.53. The van der Waals surface area contributed by atoms with E-state index in [1.165, 1.54) is 24.3 Å². The van der Waals surface area contributed by atoms with E-state index in [1.54, 1.807) is 11.0 Å². The quantitative estimate of drug-likeness (QED) is 0.868. The van der Waals surface area contributed by atoms with E-state index in [0.29, 0.717) is 13.0 Å². The number of nitrogens with zero attached hydrogens (tertiary/aromatic N) is 2. The highest BCUT2D eigenvalue weighted by atomic mass is 16.4. The number of furan rings is 1. The number of hydrogen-bond donors (Lipinski definition) is 1. The third-order valence-corrected chi connectivity index (χ3v) is 3.56. The van der Waals surface area contributed by atoms with E-state index in [0.717, 1.165) is 6.42 Å². The van der Waals surface area contributed by atoms with Gasteiger partial charge in [-0.1, -0.05) is 0 Å². The van der Waals surface area contributed by atoms with Crippen molar-refractivity contribution in [2.45, 2.75) is 25.3 Å². The van der Waals surface area contributed by atoms with Gasteiger partial charge in [0.1, 0.15) is 0 Å². The summed E-state index contributed by atoms with van der Waals surface area (Å²) in [6.07, 6.45) is 2.82. The monoisotopic (exact) mass is 294 g/mol. The SMILES string of the molecule is CN(CC(=O)N1CCCC1CC(=O)O)C(=O)c1ccco1. The van der Waals surface area contributed by atoms with Crippen LogP contribution in [0.1, 0.15) is 29.8 Å². The fourth-order valence-electron chi connectivity index (χ4n) is 2.53. The van der Waals surface area contributed by atoms with E-state index in [1.807, 2.05) is 0 Å². The van der Waals surface area contributed by atoms with Gasteiger partial charge < -0.3 is 19.3 Å². The zero-order chi connectivity index (χ0) is 15.4. The molecular weight excluding hydrogens is 276 g/mol. The second kappa shape index (κ2) is 6.43. The molecule has 2 heterocycles. The second-order valence-electron chi connectivity index (χ2n) is 5.12. The molecule has 0 bridgehead atoms. The molecule has 7 heteroatoms. The number of rotatable bonds is 5. The number of carbonyl (C=O) groups excluding carboxylic acids is 2. The molecule has 1 N–H and O–H groups in total. The average Bonchev–Trinajstić information content (AvgIpc) is 3.07. The number of carboxylic acid groups (broad SMARTS) is 1. The predicted molar refractivity (Wildman–Crippen MR) is 72.7 cm³/mol. The first-order valence-corrected chi connectivity index (χ1v) is 6.79. The molecule has 1 saturated heterocycles. The third-order valence-electron chi connectivity index (χ3n) is 3.56. The zero-order valence-electron chi connectivity index (χ0n) is 11.8. The van der Waals surface area contributed by atoms with Gasteiger partial charge in [-0.05, 0) is 25.0 Å². The number of amides is 2. The van der Waals surface area contributed by atoms with Gasteiger partial charge in [-0.25, -0.2) is 0 Å². The topological polar surface area (TPSA) is 91.1 Å². The van der Waals surface area contributed by atoms with E-state index in [2.05, 4.69) is 0 Å². The van der Waals surface area contributed by atoms with Crippen molar-refractivity contribution in [3.05, 3.63) is 24.2 Å². The average molecular weight is 294 g/mol. The van der Waals surface area contributed by atoms with Crippen LogP contribution in [0.15, 0.2) is 22.8 Å². The first kappa shape index (κ1) is 15.1. The summed E-state index contributed by atoms with van der Waals surface area (Å²) >= 11 is 0. The Labute approximate surface area is 122 Å². The van der Waals surface area contributed by atoms with Gasteiger partial charge in [0.05, 0.1) is 19.2 Å². The minimum absolute atomic E-state index is 0.0540. The minimum atomic E-state index is -0.917. The molecule has 114 valence electrons. The van der Waals surface area contributed by atoms with Gasteiger partial charge in [0.2, 0.25) is 5.91 Å². The normalized spacial score (nSPS) is 17.8. The third kappa shape index (κ3) is 3.62. The van der Waals surface area contributed by atoms with Crippen molar-refractivity contribution >= 4 is 17.8 Å². The molecule has 1 atom stereocenters. The Hall–Kier alpha value is -2.31.